The lowest BCUT2D eigenvalue weighted by Crippen LogP contribution is -2.11. The first-order valence-electron chi connectivity index (χ1n) is 7.09. The molecule has 116 valence electrons. The van der Waals surface area contributed by atoms with Gasteiger partial charge in [0.05, 0.1) is 11.4 Å². The Morgan fingerprint density at radius 3 is 2.87 bits per heavy atom. The molecule has 2 heterocycles. The molecule has 0 atom stereocenters. The molecule has 0 aliphatic heterocycles. The van der Waals surface area contributed by atoms with E-state index in [1.165, 1.54) is 0 Å². The van der Waals surface area contributed by atoms with Crippen molar-refractivity contribution in [1.82, 2.24) is 9.97 Å². The van der Waals surface area contributed by atoms with Gasteiger partial charge in [-0.25, -0.2) is 4.98 Å². The Kier molecular flexibility index (Phi) is 5.00. The number of hydrogen-bond acceptors (Lipinski definition) is 4. The molecule has 0 bridgehead atoms. The summed E-state index contributed by atoms with van der Waals surface area (Å²) in [4.78, 5) is 20.6. The number of pyridine rings is 1. The standard InChI is InChI=1S/C17H14ClN3OS/c18-8-7-16(22)20-13-5-3-4-12(10-13)15-11-23-17(21-15)14-6-1-2-9-19-14/h1-6,9-11H,7-8H2,(H,20,22). The summed E-state index contributed by atoms with van der Waals surface area (Å²) in [5, 5.41) is 5.69. The number of rotatable bonds is 5. The number of halogens is 1. The maximum atomic E-state index is 11.6. The van der Waals surface area contributed by atoms with Gasteiger partial charge in [-0.1, -0.05) is 18.2 Å². The van der Waals surface area contributed by atoms with Crippen LogP contribution in [0, 0.1) is 0 Å². The van der Waals surface area contributed by atoms with Gasteiger partial charge in [-0.15, -0.1) is 22.9 Å². The SMILES string of the molecule is O=C(CCCl)Nc1cccc(-c2csc(-c3ccccn3)n2)c1. The van der Waals surface area contributed by atoms with Crippen molar-refractivity contribution in [2.75, 3.05) is 11.2 Å². The maximum Gasteiger partial charge on any atom is 0.225 e. The molecule has 1 N–H and O–H groups in total. The van der Waals surface area contributed by atoms with Crippen molar-refractivity contribution < 1.29 is 4.79 Å². The summed E-state index contributed by atoms with van der Waals surface area (Å²) in [6.45, 7) is 0. The largest absolute Gasteiger partial charge is 0.326 e. The zero-order chi connectivity index (χ0) is 16.1. The zero-order valence-corrected chi connectivity index (χ0v) is 13.8. The molecule has 1 amide bonds. The van der Waals surface area contributed by atoms with Crippen LogP contribution in [-0.4, -0.2) is 21.8 Å². The van der Waals surface area contributed by atoms with E-state index in [1.807, 2.05) is 47.8 Å². The molecule has 0 radical (unpaired) electrons. The van der Waals surface area contributed by atoms with Gasteiger partial charge in [-0.05, 0) is 24.3 Å². The van der Waals surface area contributed by atoms with Gasteiger partial charge < -0.3 is 5.32 Å². The normalized spacial score (nSPS) is 10.5. The summed E-state index contributed by atoms with van der Waals surface area (Å²) in [6.07, 6.45) is 2.05. The summed E-state index contributed by atoms with van der Waals surface area (Å²) in [5.74, 6) is 0.218. The van der Waals surface area contributed by atoms with Gasteiger partial charge in [-0.2, -0.15) is 0 Å². The highest BCUT2D eigenvalue weighted by atomic mass is 35.5. The van der Waals surface area contributed by atoms with E-state index in [0.717, 1.165) is 27.6 Å². The highest BCUT2D eigenvalue weighted by Gasteiger charge is 2.08. The van der Waals surface area contributed by atoms with Crippen molar-refractivity contribution in [3.8, 4) is 22.0 Å². The van der Waals surface area contributed by atoms with Crippen molar-refractivity contribution in [3.05, 3.63) is 54.0 Å². The average Bonchev–Trinajstić information content (AvgIpc) is 3.06. The summed E-state index contributed by atoms with van der Waals surface area (Å²) < 4.78 is 0. The van der Waals surface area contributed by atoms with Crippen LogP contribution in [0.15, 0.2) is 54.0 Å². The van der Waals surface area contributed by atoms with Crippen LogP contribution < -0.4 is 5.32 Å². The van der Waals surface area contributed by atoms with Crippen LogP contribution in [-0.2, 0) is 4.79 Å². The molecule has 0 aliphatic carbocycles. The fourth-order valence-electron chi connectivity index (χ4n) is 2.08. The molecule has 3 rings (SSSR count). The van der Waals surface area contributed by atoms with Crippen LogP contribution in [0.3, 0.4) is 0 Å². The first-order chi connectivity index (χ1) is 11.3. The number of carbonyl (C=O) groups excluding carboxylic acids is 1. The van der Waals surface area contributed by atoms with Crippen LogP contribution >= 0.6 is 22.9 Å². The fraction of sp³-hybridized carbons (Fsp3) is 0.118. The van der Waals surface area contributed by atoms with E-state index >= 15 is 0 Å². The molecule has 23 heavy (non-hydrogen) atoms. The van der Waals surface area contributed by atoms with Crippen molar-refractivity contribution in [2.24, 2.45) is 0 Å². The van der Waals surface area contributed by atoms with E-state index in [0.29, 0.717) is 12.3 Å². The highest BCUT2D eigenvalue weighted by molar-refractivity contribution is 7.13. The molecule has 0 spiro atoms. The molecule has 0 aliphatic rings. The second-order valence-corrected chi connectivity index (χ2v) is 6.06. The monoisotopic (exact) mass is 343 g/mol. The number of anilines is 1. The Balaban J connectivity index is 1.82. The first-order valence-corrected chi connectivity index (χ1v) is 8.51. The second-order valence-electron chi connectivity index (χ2n) is 4.82. The second kappa shape index (κ2) is 7.35. The van der Waals surface area contributed by atoms with Crippen molar-refractivity contribution >= 4 is 34.5 Å². The van der Waals surface area contributed by atoms with Gasteiger partial charge in [0.2, 0.25) is 5.91 Å². The molecule has 3 aromatic rings. The Bertz CT molecular complexity index is 804. The predicted octanol–water partition coefficient (Wildman–Crippen LogP) is 4.44. The smallest absolute Gasteiger partial charge is 0.225 e. The van der Waals surface area contributed by atoms with Crippen molar-refractivity contribution in [1.29, 1.82) is 0 Å². The zero-order valence-electron chi connectivity index (χ0n) is 12.2. The van der Waals surface area contributed by atoms with Crippen LogP contribution in [0.5, 0.6) is 0 Å². The highest BCUT2D eigenvalue weighted by Crippen LogP contribution is 2.28. The molecule has 0 unspecified atom stereocenters. The van der Waals surface area contributed by atoms with Crippen LogP contribution in [0.1, 0.15) is 6.42 Å². The van der Waals surface area contributed by atoms with E-state index in [1.54, 1.807) is 17.5 Å². The van der Waals surface area contributed by atoms with Crippen molar-refractivity contribution in [3.63, 3.8) is 0 Å². The Morgan fingerprint density at radius 2 is 2.09 bits per heavy atom. The first kappa shape index (κ1) is 15.6. The van der Waals surface area contributed by atoms with E-state index in [-0.39, 0.29) is 5.91 Å². The van der Waals surface area contributed by atoms with E-state index in [2.05, 4.69) is 15.3 Å². The average molecular weight is 344 g/mol. The molecule has 0 saturated carbocycles. The topological polar surface area (TPSA) is 54.9 Å². The third-order valence-electron chi connectivity index (χ3n) is 3.15. The van der Waals surface area contributed by atoms with Gasteiger partial charge in [0.15, 0.2) is 0 Å². The molecule has 1 aromatic carbocycles. The summed E-state index contributed by atoms with van der Waals surface area (Å²) in [7, 11) is 0. The van der Waals surface area contributed by atoms with Gasteiger partial charge in [0.1, 0.15) is 5.01 Å². The lowest BCUT2D eigenvalue weighted by molar-refractivity contribution is -0.115. The van der Waals surface area contributed by atoms with Crippen LogP contribution in [0.4, 0.5) is 5.69 Å². The number of benzene rings is 1. The van der Waals surface area contributed by atoms with Gasteiger partial charge in [-0.3, -0.25) is 9.78 Å². The van der Waals surface area contributed by atoms with Crippen molar-refractivity contribution in [2.45, 2.75) is 6.42 Å². The maximum absolute atomic E-state index is 11.6. The molecular weight excluding hydrogens is 330 g/mol. The predicted molar refractivity (Wildman–Crippen MR) is 94.7 cm³/mol. The Labute approximate surface area is 143 Å². The third-order valence-corrected chi connectivity index (χ3v) is 4.21. The fourth-order valence-corrected chi connectivity index (χ4v) is 3.06. The van der Waals surface area contributed by atoms with Crippen LogP contribution in [0.2, 0.25) is 0 Å². The van der Waals surface area contributed by atoms with Gasteiger partial charge in [0.25, 0.3) is 0 Å². The minimum absolute atomic E-state index is 0.0930. The number of thiazole rings is 1. The Morgan fingerprint density at radius 1 is 1.17 bits per heavy atom. The molecule has 0 fully saturated rings. The molecule has 4 nitrogen and oxygen atoms in total. The van der Waals surface area contributed by atoms with Gasteiger partial charge >= 0.3 is 0 Å². The molecule has 0 saturated heterocycles. The number of hydrogen-bond donors (Lipinski definition) is 1. The van der Waals surface area contributed by atoms with E-state index < -0.39 is 0 Å². The number of nitrogens with one attached hydrogen (secondary N) is 1. The summed E-state index contributed by atoms with van der Waals surface area (Å²) in [5.41, 5.74) is 3.41. The number of amides is 1. The minimum Gasteiger partial charge on any atom is -0.326 e. The lowest BCUT2D eigenvalue weighted by atomic mass is 10.1. The van der Waals surface area contributed by atoms with Crippen LogP contribution in [0.25, 0.3) is 22.0 Å². The molecule has 6 heteroatoms. The molecular formula is C17H14ClN3OS. The molecule has 2 aromatic heterocycles. The number of aromatic nitrogens is 2. The minimum atomic E-state index is -0.0930. The van der Waals surface area contributed by atoms with E-state index in [4.69, 9.17) is 11.6 Å². The lowest BCUT2D eigenvalue weighted by Gasteiger charge is -2.05. The Hall–Kier alpha value is -2.24. The number of carbonyl (C=O) groups is 1. The quantitative estimate of drug-likeness (QED) is 0.697. The number of nitrogens with zero attached hydrogens (tertiary/aromatic N) is 2. The summed E-state index contributed by atoms with van der Waals surface area (Å²) >= 11 is 7.12. The van der Waals surface area contributed by atoms with Gasteiger partial charge in [0, 0.05) is 35.1 Å². The van der Waals surface area contributed by atoms with E-state index in [9.17, 15) is 4.79 Å². The summed E-state index contributed by atoms with van der Waals surface area (Å²) in [6, 6.07) is 13.4. The number of alkyl halides is 1. The third kappa shape index (κ3) is 3.94.